The van der Waals surface area contributed by atoms with Crippen LogP contribution in [0.1, 0.15) is 19.8 Å². The van der Waals surface area contributed by atoms with Crippen molar-refractivity contribution in [1.82, 2.24) is 0 Å². The van der Waals surface area contributed by atoms with Crippen LogP contribution in [0.2, 0.25) is 0 Å². The number of carboxylic acids is 1. The highest BCUT2D eigenvalue weighted by atomic mass is 16.4. The monoisotopic (exact) mass is 244 g/mol. The number of aliphatic carboxylic acids is 1. The van der Waals surface area contributed by atoms with Gasteiger partial charge in [0.15, 0.2) is 11.4 Å². The van der Waals surface area contributed by atoms with Crippen molar-refractivity contribution in [2.75, 3.05) is 27.7 Å². The molecule has 0 radical (unpaired) electrons. The van der Waals surface area contributed by atoms with E-state index in [1.165, 1.54) is 6.08 Å². The lowest BCUT2D eigenvalue weighted by atomic mass is 9.92. The van der Waals surface area contributed by atoms with Crippen LogP contribution in [0.15, 0.2) is 12.2 Å². The Hall–Kier alpha value is -1.20. The second kappa shape index (κ2) is 5.93. The number of likely N-dealkylation sites (N-methyl/N-ethyl adjacent to an activating group) is 1. The molecule has 0 amide bonds. The van der Waals surface area contributed by atoms with Crippen molar-refractivity contribution in [2.45, 2.75) is 25.4 Å². The van der Waals surface area contributed by atoms with Gasteiger partial charge in [0.05, 0.1) is 27.6 Å². The van der Waals surface area contributed by atoms with Crippen LogP contribution < -0.4 is 0 Å². The van der Waals surface area contributed by atoms with Crippen molar-refractivity contribution in [1.29, 1.82) is 0 Å². The molecule has 1 unspecified atom stereocenters. The number of quaternary nitrogens is 1. The Kier molecular flexibility index (Phi) is 5.51. The van der Waals surface area contributed by atoms with E-state index in [0.717, 1.165) is 0 Å². The lowest BCUT2D eigenvalue weighted by Gasteiger charge is -2.33. The molecule has 0 saturated heterocycles. The van der Waals surface area contributed by atoms with E-state index in [1.807, 2.05) is 6.92 Å². The highest BCUT2D eigenvalue weighted by molar-refractivity contribution is 5.99. The minimum atomic E-state index is -1.84. The van der Waals surface area contributed by atoms with Gasteiger partial charge in [0.2, 0.25) is 0 Å². The Morgan fingerprint density at radius 2 is 1.82 bits per heavy atom. The second-order valence-corrected chi connectivity index (χ2v) is 5.23. The molecule has 5 nitrogen and oxygen atoms in total. The summed E-state index contributed by atoms with van der Waals surface area (Å²) < 4.78 is 0.315. The second-order valence-electron chi connectivity index (χ2n) is 5.23. The minimum Gasteiger partial charge on any atom is -0.481 e. The molecule has 1 atom stereocenters. The molecule has 5 heteroatoms. The van der Waals surface area contributed by atoms with E-state index in [4.69, 9.17) is 5.11 Å². The average Bonchev–Trinajstić information content (AvgIpc) is 2.09. The van der Waals surface area contributed by atoms with Crippen molar-refractivity contribution in [3.8, 4) is 0 Å². The third kappa shape index (κ3) is 6.19. The summed E-state index contributed by atoms with van der Waals surface area (Å²) in [5.74, 6) is -1.73. The number of carbonyl (C=O) groups is 2. The predicted octanol–water partition coefficient (Wildman–Crippen LogP) is 0.434. The Balaban J connectivity index is 5.02. The molecule has 0 fully saturated rings. The average molecular weight is 244 g/mol. The number of carbonyl (C=O) groups excluding carboxylic acids is 1. The normalized spacial score (nSPS) is 15.8. The van der Waals surface area contributed by atoms with Crippen LogP contribution >= 0.6 is 0 Å². The molecule has 0 aliphatic heterocycles. The SMILES string of the molecule is CCC=CC(=O)C(O)(CC(=O)O)C[N+](C)(C)C. The van der Waals surface area contributed by atoms with Gasteiger partial charge in [0, 0.05) is 0 Å². The molecule has 0 saturated carbocycles. The lowest BCUT2D eigenvalue weighted by Crippen LogP contribution is -2.54. The van der Waals surface area contributed by atoms with E-state index in [2.05, 4.69) is 0 Å². The summed E-state index contributed by atoms with van der Waals surface area (Å²) in [7, 11) is 5.39. The standard InChI is InChI=1S/C12H21NO4/c1-5-6-7-10(14)12(17,8-11(15)16)9-13(2,3)4/h6-7,17H,5,8-9H2,1-4H3/p+1. The fraction of sp³-hybridized carbons (Fsp3) is 0.667. The van der Waals surface area contributed by atoms with Gasteiger partial charge >= 0.3 is 5.97 Å². The largest absolute Gasteiger partial charge is 0.481 e. The lowest BCUT2D eigenvalue weighted by molar-refractivity contribution is -0.875. The highest BCUT2D eigenvalue weighted by Gasteiger charge is 2.41. The van der Waals surface area contributed by atoms with Crippen LogP contribution in [0, 0.1) is 0 Å². The van der Waals surface area contributed by atoms with Gasteiger partial charge in [0.25, 0.3) is 0 Å². The van der Waals surface area contributed by atoms with Crippen LogP contribution in [0.25, 0.3) is 0 Å². The Morgan fingerprint density at radius 1 is 1.29 bits per heavy atom. The molecule has 0 aliphatic carbocycles. The van der Waals surface area contributed by atoms with E-state index in [1.54, 1.807) is 27.2 Å². The quantitative estimate of drug-likeness (QED) is 0.503. The van der Waals surface area contributed by atoms with Crippen LogP contribution in [-0.2, 0) is 9.59 Å². The summed E-state index contributed by atoms with van der Waals surface area (Å²) in [6.45, 7) is 1.92. The van der Waals surface area contributed by atoms with Gasteiger partial charge < -0.3 is 14.7 Å². The molecule has 0 aromatic rings. The first-order chi connectivity index (χ1) is 7.60. The van der Waals surface area contributed by atoms with Crippen LogP contribution in [0.4, 0.5) is 0 Å². The zero-order valence-electron chi connectivity index (χ0n) is 10.9. The molecule has 0 rings (SSSR count). The number of allylic oxidation sites excluding steroid dienone is 1. The smallest absolute Gasteiger partial charge is 0.307 e. The van der Waals surface area contributed by atoms with Gasteiger partial charge in [-0.25, -0.2) is 0 Å². The van der Waals surface area contributed by atoms with Crippen LogP contribution in [0.3, 0.4) is 0 Å². The predicted molar refractivity (Wildman–Crippen MR) is 64.5 cm³/mol. The van der Waals surface area contributed by atoms with Gasteiger partial charge in [-0.15, -0.1) is 0 Å². The van der Waals surface area contributed by atoms with E-state index in [0.29, 0.717) is 10.9 Å². The summed E-state index contributed by atoms with van der Waals surface area (Å²) in [5, 5.41) is 19.0. The van der Waals surface area contributed by atoms with Gasteiger partial charge in [-0.2, -0.15) is 0 Å². The first-order valence-electron chi connectivity index (χ1n) is 5.56. The van der Waals surface area contributed by atoms with Gasteiger partial charge in [-0.1, -0.05) is 13.0 Å². The molecular weight excluding hydrogens is 222 g/mol. The summed E-state index contributed by atoms with van der Waals surface area (Å²) in [6, 6.07) is 0. The highest BCUT2D eigenvalue weighted by Crippen LogP contribution is 2.17. The van der Waals surface area contributed by atoms with E-state index in [-0.39, 0.29) is 6.54 Å². The van der Waals surface area contributed by atoms with Crippen molar-refractivity contribution < 1.29 is 24.3 Å². The summed E-state index contributed by atoms with van der Waals surface area (Å²) in [5.41, 5.74) is -1.84. The van der Waals surface area contributed by atoms with Gasteiger partial charge in [-0.3, -0.25) is 9.59 Å². The van der Waals surface area contributed by atoms with Crippen molar-refractivity contribution in [2.24, 2.45) is 0 Å². The summed E-state index contributed by atoms with van der Waals surface area (Å²) in [4.78, 5) is 22.6. The maximum Gasteiger partial charge on any atom is 0.307 e. The maximum atomic E-state index is 11.8. The Labute approximate surface area is 102 Å². The number of carboxylic acid groups (broad SMARTS) is 1. The van der Waals surface area contributed by atoms with E-state index >= 15 is 0 Å². The molecule has 0 aliphatic rings. The maximum absolute atomic E-state index is 11.8. The fourth-order valence-electron chi connectivity index (χ4n) is 1.64. The summed E-state index contributed by atoms with van der Waals surface area (Å²) in [6.07, 6.45) is 2.97. The zero-order valence-corrected chi connectivity index (χ0v) is 10.9. The van der Waals surface area contributed by atoms with Gasteiger partial charge in [0.1, 0.15) is 6.54 Å². The zero-order chi connectivity index (χ0) is 13.7. The number of aliphatic hydroxyl groups is 1. The topological polar surface area (TPSA) is 74.6 Å². The Bertz CT molecular complexity index is 317. The summed E-state index contributed by atoms with van der Waals surface area (Å²) >= 11 is 0. The number of ketones is 1. The fourth-order valence-corrected chi connectivity index (χ4v) is 1.64. The number of rotatable bonds is 7. The molecule has 2 N–H and O–H groups in total. The first kappa shape index (κ1) is 15.8. The molecule has 0 spiro atoms. The van der Waals surface area contributed by atoms with Crippen molar-refractivity contribution >= 4 is 11.8 Å². The third-order valence-corrected chi connectivity index (χ3v) is 2.14. The minimum absolute atomic E-state index is 0.0617. The van der Waals surface area contributed by atoms with E-state index in [9.17, 15) is 14.7 Å². The third-order valence-electron chi connectivity index (χ3n) is 2.14. The molecule has 98 valence electrons. The number of hydrogen-bond donors (Lipinski definition) is 2. The molecule has 17 heavy (non-hydrogen) atoms. The van der Waals surface area contributed by atoms with Gasteiger partial charge in [-0.05, 0) is 12.5 Å². The molecular formula is C12H22NO4+. The van der Waals surface area contributed by atoms with E-state index < -0.39 is 23.8 Å². The van der Waals surface area contributed by atoms with Crippen molar-refractivity contribution in [3.05, 3.63) is 12.2 Å². The van der Waals surface area contributed by atoms with Crippen LogP contribution in [-0.4, -0.2) is 59.7 Å². The molecule has 0 bridgehead atoms. The molecule has 0 aromatic carbocycles. The molecule has 0 heterocycles. The van der Waals surface area contributed by atoms with Crippen molar-refractivity contribution in [3.63, 3.8) is 0 Å². The van der Waals surface area contributed by atoms with Crippen LogP contribution in [0.5, 0.6) is 0 Å². The first-order valence-corrected chi connectivity index (χ1v) is 5.56. The number of nitrogens with zero attached hydrogens (tertiary/aromatic N) is 1. The number of hydrogen-bond acceptors (Lipinski definition) is 3. The Morgan fingerprint density at radius 3 is 2.18 bits per heavy atom. The molecule has 0 aromatic heterocycles.